The summed E-state index contributed by atoms with van der Waals surface area (Å²) in [4.78, 5) is 11.5. The zero-order valence-electron chi connectivity index (χ0n) is 10.9. The Morgan fingerprint density at radius 2 is 2.06 bits per heavy atom. The Bertz CT molecular complexity index is 357. The monoisotopic (exact) mass is 239 g/mol. The van der Waals surface area contributed by atoms with Gasteiger partial charge in [-0.15, -0.1) is 0 Å². The molecule has 0 aliphatic carbocycles. The highest BCUT2D eigenvalue weighted by Crippen LogP contribution is 2.10. The summed E-state index contributed by atoms with van der Waals surface area (Å²) in [5.41, 5.74) is 0. The second-order valence-corrected chi connectivity index (χ2v) is 4.35. The zero-order valence-corrected chi connectivity index (χ0v) is 10.9. The number of rotatable bonds is 6. The molecule has 17 heavy (non-hydrogen) atoms. The maximum atomic E-state index is 11.5. The predicted octanol–water partition coefficient (Wildman–Crippen LogP) is 2.13. The number of methoxy groups -OCH3 is 1. The van der Waals surface area contributed by atoms with Gasteiger partial charge < -0.3 is 9.15 Å². The molecular weight excluding hydrogens is 218 g/mol. The molecule has 4 nitrogen and oxygen atoms in total. The van der Waals surface area contributed by atoms with E-state index in [-0.39, 0.29) is 17.9 Å². The van der Waals surface area contributed by atoms with Gasteiger partial charge in [0, 0.05) is 6.42 Å². The number of hydrogen-bond donors (Lipinski definition) is 1. The molecule has 1 atom stereocenters. The van der Waals surface area contributed by atoms with Gasteiger partial charge in [0.1, 0.15) is 17.6 Å². The molecule has 0 saturated heterocycles. The number of ether oxygens (including phenoxy) is 1. The summed E-state index contributed by atoms with van der Waals surface area (Å²) in [6.45, 7) is 6.54. The number of hydrogen-bond acceptors (Lipinski definition) is 4. The Labute approximate surface area is 102 Å². The summed E-state index contributed by atoms with van der Waals surface area (Å²) in [7, 11) is 1.40. The highest BCUT2D eigenvalue weighted by atomic mass is 16.5. The summed E-state index contributed by atoms with van der Waals surface area (Å²) in [5.74, 6) is 1.75. The third-order valence-electron chi connectivity index (χ3n) is 2.68. The van der Waals surface area contributed by atoms with E-state index in [4.69, 9.17) is 9.15 Å². The van der Waals surface area contributed by atoms with Crippen LogP contribution in [0.25, 0.3) is 0 Å². The average molecular weight is 239 g/mol. The first-order valence-electron chi connectivity index (χ1n) is 5.97. The number of nitrogens with one attached hydrogen (secondary N) is 1. The third-order valence-corrected chi connectivity index (χ3v) is 2.68. The fraction of sp³-hybridized carbons (Fsp3) is 0.615. The maximum Gasteiger partial charge on any atom is 0.323 e. The van der Waals surface area contributed by atoms with Crippen LogP contribution in [0.2, 0.25) is 0 Å². The molecule has 1 unspecified atom stereocenters. The van der Waals surface area contributed by atoms with Crippen molar-refractivity contribution in [3.63, 3.8) is 0 Å². The Kier molecular flexibility index (Phi) is 5.22. The quantitative estimate of drug-likeness (QED) is 0.773. The average Bonchev–Trinajstić information content (AvgIpc) is 2.76. The van der Waals surface area contributed by atoms with Crippen LogP contribution < -0.4 is 5.32 Å². The predicted molar refractivity (Wildman–Crippen MR) is 65.6 cm³/mol. The first kappa shape index (κ1) is 13.8. The van der Waals surface area contributed by atoms with E-state index in [1.165, 1.54) is 7.11 Å². The molecule has 0 aromatic carbocycles. The molecule has 1 N–H and O–H groups in total. The summed E-state index contributed by atoms with van der Waals surface area (Å²) in [6.07, 6.45) is 0.880. The van der Waals surface area contributed by atoms with Gasteiger partial charge >= 0.3 is 5.97 Å². The second kappa shape index (κ2) is 6.45. The third kappa shape index (κ3) is 3.89. The number of furan rings is 1. The summed E-state index contributed by atoms with van der Waals surface area (Å²) in [5, 5.41) is 3.16. The van der Waals surface area contributed by atoms with E-state index in [0.29, 0.717) is 6.54 Å². The Morgan fingerprint density at radius 1 is 1.41 bits per heavy atom. The summed E-state index contributed by atoms with van der Waals surface area (Å²) < 4.78 is 10.3. The molecule has 0 fully saturated rings. The molecular formula is C13H21NO3. The lowest BCUT2D eigenvalue weighted by molar-refractivity contribution is -0.144. The van der Waals surface area contributed by atoms with Gasteiger partial charge in [-0.2, -0.15) is 0 Å². The van der Waals surface area contributed by atoms with Crippen LogP contribution in [-0.2, 0) is 22.5 Å². The minimum Gasteiger partial charge on any atom is -0.468 e. The normalized spacial score (nSPS) is 12.8. The van der Waals surface area contributed by atoms with Crippen molar-refractivity contribution in [1.29, 1.82) is 0 Å². The van der Waals surface area contributed by atoms with Crippen LogP contribution >= 0.6 is 0 Å². The fourth-order valence-electron chi connectivity index (χ4n) is 1.64. The van der Waals surface area contributed by atoms with E-state index >= 15 is 0 Å². The van der Waals surface area contributed by atoms with Gasteiger partial charge in [0.2, 0.25) is 0 Å². The first-order chi connectivity index (χ1) is 8.08. The molecule has 96 valence electrons. The van der Waals surface area contributed by atoms with Crippen molar-refractivity contribution in [2.75, 3.05) is 7.11 Å². The van der Waals surface area contributed by atoms with Crippen molar-refractivity contribution < 1.29 is 13.9 Å². The lowest BCUT2D eigenvalue weighted by Gasteiger charge is -2.19. The van der Waals surface area contributed by atoms with E-state index in [0.717, 1.165) is 17.9 Å². The standard InChI is InChI=1S/C13H21NO3/c1-5-10-6-7-11(17-10)8-14-12(9(2)3)13(15)16-4/h6-7,9,12,14H,5,8H2,1-4H3. The Balaban J connectivity index is 2.54. The van der Waals surface area contributed by atoms with E-state index in [9.17, 15) is 4.79 Å². The molecule has 4 heteroatoms. The summed E-state index contributed by atoms with van der Waals surface area (Å²) in [6, 6.07) is 3.59. The van der Waals surface area contributed by atoms with Crippen LogP contribution in [0.3, 0.4) is 0 Å². The molecule has 1 rings (SSSR count). The minimum atomic E-state index is -0.296. The van der Waals surface area contributed by atoms with Crippen molar-refractivity contribution >= 4 is 5.97 Å². The minimum absolute atomic E-state index is 0.183. The van der Waals surface area contributed by atoms with Gasteiger partial charge in [-0.05, 0) is 18.1 Å². The SMILES string of the molecule is CCc1ccc(CNC(C(=O)OC)C(C)C)o1. The van der Waals surface area contributed by atoms with E-state index in [2.05, 4.69) is 5.32 Å². The van der Waals surface area contributed by atoms with Crippen LogP contribution in [0.1, 0.15) is 32.3 Å². The molecule has 0 spiro atoms. The lowest BCUT2D eigenvalue weighted by Crippen LogP contribution is -2.41. The van der Waals surface area contributed by atoms with E-state index in [1.54, 1.807) is 0 Å². The fourth-order valence-corrected chi connectivity index (χ4v) is 1.64. The topological polar surface area (TPSA) is 51.5 Å². The Morgan fingerprint density at radius 3 is 2.53 bits per heavy atom. The lowest BCUT2D eigenvalue weighted by atomic mass is 10.0. The molecule has 1 heterocycles. The van der Waals surface area contributed by atoms with Crippen LogP contribution in [0.5, 0.6) is 0 Å². The molecule has 1 aromatic heterocycles. The number of aryl methyl sites for hydroxylation is 1. The number of esters is 1. The largest absolute Gasteiger partial charge is 0.468 e. The van der Waals surface area contributed by atoms with Crippen molar-refractivity contribution in [2.24, 2.45) is 5.92 Å². The van der Waals surface area contributed by atoms with Gasteiger partial charge in [0.15, 0.2) is 0 Å². The van der Waals surface area contributed by atoms with E-state index < -0.39 is 0 Å². The van der Waals surface area contributed by atoms with Crippen molar-refractivity contribution in [1.82, 2.24) is 5.32 Å². The van der Waals surface area contributed by atoms with Crippen LogP contribution in [0.15, 0.2) is 16.5 Å². The molecule has 1 aromatic rings. The highest BCUT2D eigenvalue weighted by molar-refractivity contribution is 5.75. The van der Waals surface area contributed by atoms with Gasteiger partial charge in [-0.3, -0.25) is 10.1 Å². The number of carbonyl (C=O) groups is 1. The molecule has 0 aliphatic heterocycles. The molecule has 0 radical (unpaired) electrons. The van der Waals surface area contributed by atoms with Gasteiger partial charge in [0.05, 0.1) is 13.7 Å². The van der Waals surface area contributed by atoms with E-state index in [1.807, 2.05) is 32.9 Å². The van der Waals surface area contributed by atoms with Gasteiger partial charge in [-0.25, -0.2) is 0 Å². The van der Waals surface area contributed by atoms with Crippen LogP contribution in [0.4, 0.5) is 0 Å². The zero-order chi connectivity index (χ0) is 12.8. The van der Waals surface area contributed by atoms with Gasteiger partial charge in [-0.1, -0.05) is 20.8 Å². The highest BCUT2D eigenvalue weighted by Gasteiger charge is 2.22. The summed E-state index contributed by atoms with van der Waals surface area (Å²) >= 11 is 0. The smallest absolute Gasteiger partial charge is 0.323 e. The molecule has 0 amide bonds. The molecule has 0 aliphatic rings. The van der Waals surface area contributed by atoms with Crippen molar-refractivity contribution in [3.05, 3.63) is 23.7 Å². The van der Waals surface area contributed by atoms with Crippen molar-refractivity contribution in [2.45, 2.75) is 39.8 Å². The first-order valence-corrected chi connectivity index (χ1v) is 5.97. The maximum absolute atomic E-state index is 11.5. The Hall–Kier alpha value is -1.29. The van der Waals surface area contributed by atoms with Crippen molar-refractivity contribution in [3.8, 4) is 0 Å². The molecule has 0 bridgehead atoms. The van der Waals surface area contributed by atoms with Gasteiger partial charge in [0.25, 0.3) is 0 Å². The number of carbonyl (C=O) groups excluding carboxylic acids is 1. The van der Waals surface area contributed by atoms with Crippen LogP contribution in [0, 0.1) is 5.92 Å². The van der Waals surface area contributed by atoms with Crippen LogP contribution in [-0.4, -0.2) is 19.1 Å². The second-order valence-electron chi connectivity index (χ2n) is 4.35. The molecule has 0 saturated carbocycles.